The molecule has 0 spiro atoms. The van der Waals surface area contributed by atoms with Crippen LogP contribution in [0.2, 0.25) is 0 Å². The zero-order valence-electron chi connectivity index (χ0n) is 20.9. The van der Waals surface area contributed by atoms with E-state index in [1.807, 2.05) is 66.7 Å². The number of hydrogen-bond donors (Lipinski definition) is 6. The molecule has 0 atom stereocenters. The summed E-state index contributed by atoms with van der Waals surface area (Å²) in [5, 5.41) is 29.3. The average Bonchev–Trinajstić information content (AvgIpc) is 2.89. The van der Waals surface area contributed by atoms with Crippen LogP contribution < -0.4 is 11.5 Å². The maximum Gasteiger partial charge on any atom is 0.490 e. The molecule has 0 amide bonds. The molecule has 41 heavy (non-hydrogen) atoms. The maximum absolute atomic E-state index is 10.6. The molecular formula is C26H24F6N4O5. The number of ether oxygens (including phenoxy) is 1. The average molecular weight is 586 g/mol. The van der Waals surface area contributed by atoms with Crippen LogP contribution in [0.3, 0.4) is 0 Å². The second kappa shape index (κ2) is 15.0. The highest BCUT2D eigenvalue weighted by Gasteiger charge is 2.38. The molecule has 0 radical (unpaired) electrons. The van der Waals surface area contributed by atoms with E-state index in [4.69, 9.17) is 46.8 Å². The predicted molar refractivity (Wildman–Crippen MR) is 136 cm³/mol. The van der Waals surface area contributed by atoms with E-state index in [1.54, 1.807) is 0 Å². The van der Waals surface area contributed by atoms with E-state index < -0.39 is 24.3 Å². The van der Waals surface area contributed by atoms with Gasteiger partial charge in [0.25, 0.3) is 0 Å². The number of hydrogen-bond acceptors (Lipinski definition) is 5. The Kier molecular flexibility index (Phi) is 12.5. The minimum absolute atomic E-state index is 0.0520. The van der Waals surface area contributed by atoms with E-state index in [-0.39, 0.29) is 11.7 Å². The molecule has 0 fully saturated rings. The number of carbonyl (C=O) groups is 2. The zero-order chi connectivity index (χ0) is 31.4. The van der Waals surface area contributed by atoms with Crippen LogP contribution in [0, 0.1) is 10.8 Å². The van der Waals surface area contributed by atoms with Crippen molar-refractivity contribution in [1.29, 1.82) is 10.8 Å². The predicted octanol–water partition coefficient (Wildman–Crippen LogP) is 4.91. The van der Waals surface area contributed by atoms with Crippen LogP contribution in [0.15, 0.2) is 72.8 Å². The summed E-state index contributed by atoms with van der Waals surface area (Å²) in [6.07, 6.45) is -10.2. The van der Waals surface area contributed by atoms with Gasteiger partial charge < -0.3 is 26.4 Å². The third-order valence-electron chi connectivity index (χ3n) is 4.77. The van der Waals surface area contributed by atoms with Gasteiger partial charge in [-0.3, -0.25) is 10.8 Å². The van der Waals surface area contributed by atoms with Gasteiger partial charge in [-0.05, 0) is 28.3 Å². The third kappa shape index (κ3) is 12.2. The lowest BCUT2D eigenvalue weighted by molar-refractivity contribution is -0.193. The summed E-state index contributed by atoms with van der Waals surface area (Å²) in [5.74, 6) is -5.40. The molecule has 15 heteroatoms. The van der Waals surface area contributed by atoms with Crippen LogP contribution in [-0.4, -0.2) is 46.2 Å². The second-order valence-corrected chi connectivity index (χ2v) is 7.86. The van der Waals surface area contributed by atoms with Crippen LogP contribution in [0.25, 0.3) is 11.1 Å². The fourth-order valence-electron chi connectivity index (χ4n) is 2.86. The Morgan fingerprint density at radius 3 is 1.66 bits per heavy atom. The Hall–Kier alpha value is -4.92. The molecule has 0 aromatic heterocycles. The molecule has 9 nitrogen and oxygen atoms in total. The first kappa shape index (κ1) is 34.1. The summed E-state index contributed by atoms with van der Waals surface area (Å²) >= 11 is 0. The minimum Gasteiger partial charge on any atom is -0.475 e. The number of benzene rings is 3. The number of nitrogens with one attached hydrogen (secondary N) is 2. The smallest absolute Gasteiger partial charge is 0.475 e. The Labute approximate surface area is 229 Å². The van der Waals surface area contributed by atoms with Crippen LogP contribution in [0.5, 0.6) is 0 Å². The van der Waals surface area contributed by atoms with Gasteiger partial charge in [0, 0.05) is 11.1 Å². The van der Waals surface area contributed by atoms with Gasteiger partial charge in [-0.25, -0.2) is 9.59 Å². The number of carboxylic acids is 2. The van der Waals surface area contributed by atoms with E-state index in [1.165, 1.54) is 0 Å². The van der Waals surface area contributed by atoms with Crippen LogP contribution in [-0.2, 0) is 27.5 Å². The van der Waals surface area contributed by atoms with Crippen LogP contribution in [0.4, 0.5) is 26.3 Å². The number of halogens is 6. The lowest BCUT2D eigenvalue weighted by Gasteiger charge is -2.11. The largest absolute Gasteiger partial charge is 0.490 e. The number of alkyl halides is 6. The Morgan fingerprint density at radius 2 is 1.20 bits per heavy atom. The fourth-order valence-corrected chi connectivity index (χ4v) is 2.86. The molecule has 0 unspecified atom stereocenters. The molecule has 0 bridgehead atoms. The van der Waals surface area contributed by atoms with Crippen molar-refractivity contribution >= 4 is 23.6 Å². The van der Waals surface area contributed by atoms with E-state index in [0.717, 1.165) is 22.3 Å². The highest BCUT2D eigenvalue weighted by atomic mass is 19.4. The Bertz CT molecular complexity index is 1340. The van der Waals surface area contributed by atoms with Crippen molar-refractivity contribution in [2.45, 2.75) is 25.6 Å². The first-order valence-corrected chi connectivity index (χ1v) is 11.1. The number of amidine groups is 2. The molecule has 0 aliphatic rings. The van der Waals surface area contributed by atoms with E-state index >= 15 is 0 Å². The number of nitrogens with two attached hydrogens (primary N) is 2. The van der Waals surface area contributed by atoms with Crippen molar-refractivity contribution in [2.75, 3.05) is 0 Å². The number of aliphatic carboxylic acids is 2. The van der Waals surface area contributed by atoms with Gasteiger partial charge >= 0.3 is 24.3 Å². The molecule has 0 saturated heterocycles. The zero-order valence-corrected chi connectivity index (χ0v) is 20.9. The van der Waals surface area contributed by atoms with Crippen molar-refractivity contribution in [2.24, 2.45) is 11.5 Å². The molecule has 3 rings (SSSR count). The first-order valence-electron chi connectivity index (χ1n) is 11.1. The summed E-state index contributed by atoms with van der Waals surface area (Å²) in [7, 11) is 0. The highest BCUT2D eigenvalue weighted by Crippen LogP contribution is 2.25. The summed E-state index contributed by atoms with van der Waals surface area (Å²) in [5.41, 5.74) is 16.7. The van der Waals surface area contributed by atoms with Crippen molar-refractivity contribution in [3.8, 4) is 11.1 Å². The summed E-state index contributed by atoms with van der Waals surface area (Å²) < 4.78 is 69.4. The van der Waals surface area contributed by atoms with Gasteiger partial charge in [0.2, 0.25) is 0 Å². The molecule has 220 valence electrons. The summed E-state index contributed by atoms with van der Waals surface area (Å²) in [4.78, 5) is 17.8. The number of nitrogen functional groups attached to an aromatic ring is 2. The second-order valence-electron chi connectivity index (χ2n) is 7.86. The Balaban J connectivity index is 0.000000497. The molecule has 0 aliphatic heterocycles. The lowest BCUT2D eigenvalue weighted by Crippen LogP contribution is -2.21. The van der Waals surface area contributed by atoms with Crippen molar-refractivity contribution in [3.05, 3.63) is 95.1 Å². The normalized spacial score (nSPS) is 10.8. The molecule has 3 aromatic rings. The molecule has 0 saturated carbocycles. The maximum atomic E-state index is 10.6. The topological polar surface area (TPSA) is 184 Å². The third-order valence-corrected chi connectivity index (χ3v) is 4.77. The first-order chi connectivity index (χ1) is 18.9. The Morgan fingerprint density at radius 1 is 0.707 bits per heavy atom. The van der Waals surface area contributed by atoms with Crippen molar-refractivity contribution in [3.63, 3.8) is 0 Å². The molecule has 0 heterocycles. The summed E-state index contributed by atoms with van der Waals surface area (Å²) in [6.45, 7) is 0.910. The monoisotopic (exact) mass is 586 g/mol. The van der Waals surface area contributed by atoms with Gasteiger partial charge in [-0.1, -0.05) is 66.7 Å². The van der Waals surface area contributed by atoms with E-state index in [0.29, 0.717) is 24.3 Å². The lowest BCUT2D eigenvalue weighted by atomic mass is 9.99. The van der Waals surface area contributed by atoms with Gasteiger partial charge in [0.15, 0.2) is 0 Å². The minimum atomic E-state index is -5.08. The van der Waals surface area contributed by atoms with Gasteiger partial charge in [-0.2, -0.15) is 26.3 Å². The van der Waals surface area contributed by atoms with Gasteiger partial charge in [0.05, 0.1) is 13.2 Å². The van der Waals surface area contributed by atoms with E-state index in [2.05, 4.69) is 6.07 Å². The molecular weight excluding hydrogens is 562 g/mol. The van der Waals surface area contributed by atoms with Crippen LogP contribution in [0.1, 0.15) is 22.3 Å². The molecule has 8 N–H and O–H groups in total. The SMILES string of the molecule is N=C(N)c1ccc(-c2ccccc2COCc2cccc(C(=N)N)c2)cc1.O=C(O)C(F)(F)F.O=C(O)C(F)(F)F. The summed E-state index contributed by atoms with van der Waals surface area (Å²) in [6, 6.07) is 23.2. The van der Waals surface area contributed by atoms with Gasteiger partial charge in [0.1, 0.15) is 11.7 Å². The van der Waals surface area contributed by atoms with Gasteiger partial charge in [-0.15, -0.1) is 0 Å². The van der Waals surface area contributed by atoms with Crippen LogP contribution >= 0.6 is 0 Å². The standard InChI is InChI=1S/C22H22N4O.2C2HF3O2/c23-21(24)17-10-8-16(9-11-17)20-7-2-1-5-19(20)14-27-13-15-4-3-6-18(12-15)22(25)26;2*3-2(4,5)1(6)7/h1-12H,13-14H2,(H3,23,24)(H3,25,26);2*(H,6,7). The van der Waals surface area contributed by atoms with E-state index in [9.17, 15) is 26.3 Å². The molecule has 3 aromatic carbocycles. The highest BCUT2D eigenvalue weighted by molar-refractivity contribution is 5.95. The van der Waals surface area contributed by atoms with Crippen molar-refractivity contribution < 1.29 is 50.9 Å². The molecule has 0 aliphatic carbocycles. The number of rotatable bonds is 7. The number of carboxylic acid groups (broad SMARTS) is 2. The fraction of sp³-hybridized carbons (Fsp3) is 0.154. The quantitative estimate of drug-likeness (QED) is 0.129. The van der Waals surface area contributed by atoms with Crippen molar-refractivity contribution in [1.82, 2.24) is 0 Å².